The molecule has 8 heteroatoms. The summed E-state index contributed by atoms with van der Waals surface area (Å²) >= 11 is 0. The third-order valence-corrected chi connectivity index (χ3v) is 3.41. The number of nitrogens with one attached hydrogen (secondary N) is 4. The maximum absolute atomic E-state index is 12.3. The van der Waals surface area contributed by atoms with Gasteiger partial charge >= 0.3 is 5.69 Å². The summed E-state index contributed by atoms with van der Waals surface area (Å²) in [6.07, 6.45) is 0. The van der Waals surface area contributed by atoms with E-state index in [0.717, 1.165) is 5.56 Å². The Kier molecular flexibility index (Phi) is 5.22. The van der Waals surface area contributed by atoms with Crippen LogP contribution < -0.4 is 16.5 Å². The van der Waals surface area contributed by atoms with Gasteiger partial charge in [0.2, 0.25) is 0 Å². The Bertz CT molecular complexity index is 888. The number of amides is 1. The lowest BCUT2D eigenvalue weighted by molar-refractivity contribution is 0.0234. The molecule has 0 bridgehead atoms. The fraction of sp³-hybridized carbons (Fsp3) is 0.118. The van der Waals surface area contributed by atoms with Crippen LogP contribution >= 0.6 is 0 Å². The van der Waals surface area contributed by atoms with Crippen molar-refractivity contribution in [2.24, 2.45) is 0 Å². The largest absolute Gasteiger partial charge is 0.377 e. The topological polar surface area (TPSA) is 112 Å². The molecule has 0 saturated carbocycles. The van der Waals surface area contributed by atoms with E-state index < -0.39 is 0 Å². The van der Waals surface area contributed by atoms with Crippen molar-refractivity contribution in [3.63, 3.8) is 0 Å². The molecule has 1 aromatic heterocycles. The molecule has 0 saturated heterocycles. The molecule has 0 spiro atoms. The zero-order chi connectivity index (χ0) is 17.5. The van der Waals surface area contributed by atoms with Gasteiger partial charge in [0.15, 0.2) is 0 Å². The van der Waals surface area contributed by atoms with Crippen molar-refractivity contribution in [3.05, 3.63) is 82.0 Å². The minimum Gasteiger partial charge on any atom is -0.377 e. The van der Waals surface area contributed by atoms with Gasteiger partial charge in [0, 0.05) is 5.69 Å². The lowest BCUT2D eigenvalue weighted by Crippen LogP contribution is -2.24. The van der Waals surface area contributed by atoms with Gasteiger partial charge < -0.3 is 5.32 Å². The molecule has 128 valence electrons. The number of aromatic nitrogens is 3. The summed E-state index contributed by atoms with van der Waals surface area (Å²) in [5.41, 5.74) is 4.04. The molecule has 3 aromatic rings. The number of para-hydroxylation sites is 1. The van der Waals surface area contributed by atoms with E-state index >= 15 is 0 Å². The van der Waals surface area contributed by atoms with Gasteiger partial charge in [-0.1, -0.05) is 42.5 Å². The molecule has 3 rings (SSSR count). The highest BCUT2D eigenvalue weighted by Gasteiger charge is 2.11. The lowest BCUT2D eigenvalue weighted by Gasteiger charge is -2.11. The Hall–Kier alpha value is -3.39. The Morgan fingerprint density at radius 1 is 1.08 bits per heavy atom. The van der Waals surface area contributed by atoms with Crippen molar-refractivity contribution >= 4 is 11.6 Å². The second-order valence-electron chi connectivity index (χ2n) is 5.23. The van der Waals surface area contributed by atoms with Gasteiger partial charge in [-0.05, 0) is 17.7 Å². The van der Waals surface area contributed by atoms with Crippen LogP contribution in [0, 0.1) is 0 Å². The maximum Gasteiger partial charge on any atom is 0.340 e. The number of H-pyrrole nitrogens is 2. The predicted molar refractivity (Wildman–Crippen MR) is 91.7 cm³/mol. The molecular weight excluding hydrogens is 322 g/mol. The summed E-state index contributed by atoms with van der Waals surface area (Å²) < 4.78 is 0. The molecule has 0 fully saturated rings. The van der Waals surface area contributed by atoms with Crippen molar-refractivity contribution in [2.75, 3.05) is 5.32 Å². The molecule has 8 nitrogen and oxygen atoms in total. The van der Waals surface area contributed by atoms with Crippen molar-refractivity contribution in [1.29, 1.82) is 0 Å². The van der Waals surface area contributed by atoms with Crippen LogP contribution in [0.4, 0.5) is 5.69 Å². The number of carbonyl (C=O) groups excluding carboxylic acids is 1. The first-order valence-electron chi connectivity index (χ1n) is 7.65. The molecule has 25 heavy (non-hydrogen) atoms. The van der Waals surface area contributed by atoms with Crippen LogP contribution in [0.2, 0.25) is 0 Å². The molecule has 0 unspecified atom stereocenters. The number of anilines is 1. The third-order valence-electron chi connectivity index (χ3n) is 3.41. The standard InChI is InChI=1S/C17H17N5O3/c23-16(22-25-11-12-6-2-1-3-7-12)13-8-4-5-9-14(13)18-10-15-19-17(24)21-20-15/h1-9,18H,10-11H2,(H,22,23)(H2,19,20,21,24). The first kappa shape index (κ1) is 16.5. The van der Waals surface area contributed by atoms with Crippen LogP contribution in [-0.4, -0.2) is 21.1 Å². The van der Waals surface area contributed by atoms with Crippen molar-refractivity contribution in [3.8, 4) is 0 Å². The number of carbonyl (C=O) groups is 1. The highest BCUT2D eigenvalue weighted by Crippen LogP contribution is 2.15. The smallest absolute Gasteiger partial charge is 0.340 e. The fourth-order valence-corrected chi connectivity index (χ4v) is 2.22. The third kappa shape index (κ3) is 4.55. The SMILES string of the molecule is O=C(NOCc1ccccc1)c1ccccc1NCc1n[nH]c(=O)[nH]1. The van der Waals surface area contributed by atoms with Crippen LogP contribution in [0.1, 0.15) is 21.7 Å². The highest BCUT2D eigenvalue weighted by atomic mass is 16.6. The van der Waals surface area contributed by atoms with E-state index in [9.17, 15) is 9.59 Å². The second kappa shape index (κ2) is 7.93. The van der Waals surface area contributed by atoms with Crippen LogP contribution in [0.5, 0.6) is 0 Å². The fourth-order valence-electron chi connectivity index (χ4n) is 2.22. The number of rotatable bonds is 7. The van der Waals surface area contributed by atoms with Gasteiger partial charge in [0.25, 0.3) is 5.91 Å². The molecule has 0 aliphatic rings. The Labute approximate surface area is 143 Å². The van der Waals surface area contributed by atoms with Gasteiger partial charge in [-0.3, -0.25) is 14.6 Å². The van der Waals surface area contributed by atoms with E-state index in [2.05, 4.69) is 26.0 Å². The Morgan fingerprint density at radius 2 is 1.84 bits per heavy atom. The van der Waals surface area contributed by atoms with Crippen molar-refractivity contribution < 1.29 is 9.63 Å². The number of hydrogen-bond acceptors (Lipinski definition) is 5. The van der Waals surface area contributed by atoms with Gasteiger partial charge in [-0.15, -0.1) is 0 Å². The summed E-state index contributed by atoms with van der Waals surface area (Å²) in [7, 11) is 0. The molecule has 0 aliphatic heterocycles. The van der Waals surface area contributed by atoms with Gasteiger partial charge in [0.05, 0.1) is 18.7 Å². The summed E-state index contributed by atoms with van der Waals surface area (Å²) in [5.74, 6) is 0.0788. The quantitative estimate of drug-likeness (QED) is 0.488. The normalized spacial score (nSPS) is 10.4. The number of hydroxylamine groups is 1. The number of aromatic amines is 2. The number of nitrogens with zero attached hydrogens (tertiary/aromatic N) is 1. The average molecular weight is 339 g/mol. The van der Waals surface area contributed by atoms with E-state index in [1.807, 2.05) is 30.3 Å². The minimum atomic E-state index is -0.378. The highest BCUT2D eigenvalue weighted by molar-refractivity contribution is 5.98. The van der Waals surface area contributed by atoms with Crippen molar-refractivity contribution in [2.45, 2.75) is 13.2 Å². The van der Waals surface area contributed by atoms with Gasteiger partial charge in [-0.2, -0.15) is 5.10 Å². The average Bonchev–Trinajstić information content (AvgIpc) is 3.06. The van der Waals surface area contributed by atoms with E-state index in [1.54, 1.807) is 24.3 Å². The Morgan fingerprint density at radius 3 is 2.60 bits per heavy atom. The molecule has 0 radical (unpaired) electrons. The summed E-state index contributed by atoms with van der Waals surface area (Å²) in [5, 5.41) is 9.16. The molecule has 4 N–H and O–H groups in total. The number of hydrogen-bond donors (Lipinski definition) is 4. The Balaban J connectivity index is 1.59. The van der Waals surface area contributed by atoms with E-state index in [-0.39, 0.29) is 24.7 Å². The van der Waals surface area contributed by atoms with Crippen LogP contribution in [0.15, 0.2) is 59.4 Å². The maximum atomic E-state index is 12.3. The zero-order valence-electron chi connectivity index (χ0n) is 13.3. The van der Waals surface area contributed by atoms with E-state index in [1.165, 1.54) is 0 Å². The molecule has 1 amide bonds. The first-order chi connectivity index (χ1) is 12.2. The monoisotopic (exact) mass is 339 g/mol. The summed E-state index contributed by atoms with van der Waals surface area (Å²) in [6, 6.07) is 16.5. The van der Waals surface area contributed by atoms with Crippen LogP contribution in [0.3, 0.4) is 0 Å². The minimum absolute atomic E-state index is 0.272. The molecular formula is C17H17N5O3. The molecule has 1 heterocycles. The second-order valence-corrected chi connectivity index (χ2v) is 5.23. The number of benzene rings is 2. The first-order valence-corrected chi connectivity index (χ1v) is 7.65. The lowest BCUT2D eigenvalue weighted by atomic mass is 10.1. The van der Waals surface area contributed by atoms with Gasteiger partial charge in [-0.25, -0.2) is 15.4 Å². The zero-order valence-corrected chi connectivity index (χ0v) is 13.3. The molecule has 0 aliphatic carbocycles. The van der Waals surface area contributed by atoms with Gasteiger partial charge in [0.1, 0.15) is 5.82 Å². The van der Waals surface area contributed by atoms with Crippen molar-refractivity contribution in [1.82, 2.24) is 20.7 Å². The van der Waals surface area contributed by atoms with Crippen LogP contribution in [-0.2, 0) is 18.0 Å². The molecule has 2 aromatic carbocycles. The van der Waals surface area contributed by atoms with E-state index in [4.69, 9.17) is 4.84 Å². The summed E-state index contributed by atoms with van der Waals surface area (Å²) in [6.45, 7) is 0.546. The van der Waals surface area contributed by atoms with E-state index in [0.29, 0.717) is 17.1 Å². The van der Waals surface area contributed by atoms with Crippen LogP contribution in [0.25, 0.3) is 0 Å². The molecule has 0 atom stereocenters. The predicted octanol–water partition coefficient (Wildman–Crippen LogP) is 1.57. The summed E-state index contributed by atoms with van der Waals surface area (Å²) in [4.78, 5) is 31.1.